The van der Waals surface area contributed by atoms with Crippen LogP contribution in [-0.2, 0) is 0 Å². The van der Waals surface area contributed by atoms with Crippen molar-refractivity contribution in [1.82, 2.24) is 0 Å². The molecule has 1 heterocycles. The zero-order chi connectivity index (χ0) is 14.2. The third-order valence-electron chi connectivity index (χ3n) is 5.02. The van der Waals surface area contributed by atoms with Gasteiger partial charge in [0.05, 0.1) is 16.3 Å². The van der Waals surface area contributed by atoms with E-state index in [1.165, 1.54) is 25.7 Å². The number of hydrogen-bond donors (Lipinski definition) is 1. The zero-order valence-corrected chi connectivity index (χ0v) is 12.3. The van der Waals surface area contributed by atoms with Gasteiger partial charge in [-0.1, -0.05) is 30.5 Å². The minimum atomic E-state index is -0.899. The van der Waals surface area contributed by atoms with Crippen molar-refractivity contribution in [3.63, 3.8) is 0 Å². The van der Waals surface area contributed by atoms with Gasteiger partial charge in [0.1, 0.15) is 0 Å². The van der Waals surface area contributed by atoms with Gasteiger partial charge < -0.3 is 10.0 Å². The second-order valence-electron chi connectivity index (χ2n) is 6.14. The summed E-state index contributed by atoms with van der Waals surface area (Å²) in [7, 11) is 0. The summed E-state index contributed by atoms with van der Waals surface area (Å²) in [6, 6.07) is 5.13. The Morgan fingerprint density at radius 2 is 1.80 bits per heavy atom. The van der Waals surface area contributed by atoms with Crippen LogP contribution in [0, 0.1) is 5.41 Å². The number of para-hydroxylation sites is 1. The summed E-state index contributed by atoms with van der Waals surface area (Å²) < 4.78 is 0. The van der Waals surface area contributed by atoms with Gasteiger partial charge in [0, 0.05) is 13.1 Å². The molecule has 1 aromatic rings. The molecule has 0 radical (unpaired) electrons. The highest BCUT2D eigenvalue weighted by Gasteiger charge is 2.37. The molecule has 1 aliphatic carbocycles. The Kier molecular flexibility index (Phi) is 3.63. The molecule has 0 atom stereocenters. The largest absolute Gasteiger partial charge is 0.478 e. The molecule has 1 spiro atoms. The van der Waals surface area contributed by atoms with Crippen LogP contribution in [0.2, 0.25) is 5.02 Å². The Hall–Kier alpha value is -1.22. The number of anilines is 1. The van der Waals surface area contributed by atoms with Crippen LogP contribution < -0.4 is 4.90 Å². The van der Waals surface area contributed by atoms with Crippen LogP contribution >= 0.6 is 11.6 Å². The van der Waals surface area contributed by atoms with E-state index in [9.17, 15) is 9.90 Å². The highest BCUT2D eigenvalue weighted by molar-refractivity contribution is 6.34. The second kappa shape index (κ2) is 5.28. The van der Waals surface area contributed by atoms with Crippen LogP contribution in [0.3, 0.4) is 0 Å². The molecule has 1 aliphatic heterocycles. The summed E-state index contributed by atoms with van der Waals surface area (Å²) >= 11 is 6.25. The van der Waals surface area contributed by atoms with Crippen molar-refractivity contribution in [2.24, 2.45) is 5.41 Å². The average Bonchev–Trinajstić information content (AvgIpc) is 2.88. The smallest absolute Gasteiger partial charge is 0.337 e. The van der Waals surface area contributed by atoms with Crippen LogP contribution in [0.5, 0.6) is 0 Å². The van der Waals surface area contributed by atoms with Crippen LogP contribution in [0.25, 0.3) is 0 Å². The van der Waals surface area contributed by atoms with E-state index in [-0.39, 0.29) is 0 Å². The molecule has 1 N–H and O–H groups in total. The van der Waals surface area contributed by atoms with Crippen LogP contribution in [0.15, 0.2) is 18.2 Å². The van der Waals surface area contributed by atoms with E-state index >= 15 is 0 Å². The monoisotopic (exact) mass is 293 g/mol. The standard InChI is InChI=1S/C16H20ClNO2/c17-13-5-3-4-12(15(19)20)14(13)18-10-8-16(9-11-18)6-1-2-7-16/h3-5H,1-2,6-11H2,(H,19,20). The van der Waals surface area contributed by atoms with Gasteiger partial charge in [-0.15, -0.1) is 0 Å². The van der Waals surface area contributed by atoms with Crippen LogP contribution in [0.4, 0.5) is 5.69 Å². The molecule has 0 amide bonds. The van der Waals surface area contributed by atoms with E-state index in [4.69, 9.17) is 11.6 Å². The molecule has 0 unspecified atom stereocenters. The fourth-order valence-electron chi connectivity index (χ4n) is 3.84. The highest BCUT2D eigenvalue weighted by atomic mass is 35.5. The molecule has 0 aromatic heterocycles. The molecular formula is C16H20ClNO2. The summed E-state index contributed by atoms with van der Waals surface area (Å²) in [5, 5.41) is 9.89. The zero-order valence-electron chi connectivity index (χ0n) is 11.6. The van der Waals surface area contributed by atoms with E-state index in [0.29, 0.717) is 21.7 Å². The second-order valence-corrected chi connectivity index (χ2v) is 6.54. The molecule has 4 heteroatoms. The number of piperidine rings is 1. The molecule has 20 heavy (non-hydrogen) atoms. The highest BCUT2D eigenvalue weighted by Crippen LogP contribution is 2.47. The quantitative estimate of drug-likeness (QED) is 0.888. The van der Waals surface area contributed by atoms with Gasteiger partial charge in [0.15, 0.2) is 0 Å². The number of aromatic carboxylic acids is 1. The summed E-state index contributed by atoms with van der Waals surface area (Å²) in [5.41, 5.74) is 1.55. The third-order valence-corrected chi connectivity index (χ3v) is 5.33. The van der Waals surface area contributed by atoms with Gasteiger partial charge in [-0.25, -0.2) is 4.79 Å². The van der Waals surface area contributed by atoms with E-state index in [1.54, 1.807) is 18.2 Å². The number of hydrogen-bond acceptors (Lipinski definition) is 2. The fraction of sp³-hybridized carbons (Fsp3) is 0.562. The summed E-state index contributed by atoms with van der Waals surface area (Å²) in [4.78, 5) is 13.5. The van der Waals surface area contributed by atoms with Gasteiger partial charge in [-0.05, 0) is 43.2 Å². The lowest BCUT2D eigenvalue weighted by atomic mass is 9.77. The van der Waals surface area contributed by atoms with Gasteiger partial charge in [0.2, 0.25) is 0 Å². The van der Waals surface area contributed by atoms with Crippen molar-refractivity contribution in [2.45, 2.75) is 38.5 Å². The lowest BCUT2D eigenvalue weighted by Crippen LogP contribution is -2.39. The predicted octanol–water partition coefficient (Wildman–Crippen LogP) is 4.20. The van der Waals surface area contributed by atoms with E-state index in [1.807, 2.05) is 0 Å². The number of rotatable bonds is 2. The van der Waals surface area contributed by atoms with Crippen molar-refractivity contribution in [3.8, 4) is 0 Å². The first-order chi connectivity index (χ1) is 9.61. The Bertz CT molecular complexity index is 513. The molecular weight excluding hydrogens is 274 g/mol. The van der Waals surface area contributed by atoms with Crippen LogP contribution in [0.1, 0.15) is 48.9 Å². The lowest BCUT2D eigenvalue weighted by molar-refractivity contribution is 0.0697. The predicted molar refractivity (Wildman–Crippen MR) is 80.8 cm³/mol. The van der Waals surface area contributed by atoms with Crippen molar-refractivity contribution < 1.29 is 9.90 Å². The molecule has 1 saturated heterocycles. The Labute approximate surface area is 124 Å². The summed E-state index contributed by atoms with van der Waals surface area (Å²) in [6.45, 7) is 1.84. The Morgan fingerprint density at radius 1 is 1.15 bits per heavy atom. The molecule has 2 aliphatic rings. The topological polar surface area (TPSA) is 40.5 Å². The van der Waals surface area contributed by atoms with E-state index < -0.39 is 5.97 Å². The maximum atomic E-state index is 11.4. The molecule has 1 aromatic carbocycles. The minimum Gasteiger partial charge on any atom is -0.478 e. The van der Waals surface area contributed by atoms with Crippen molar-refractivity contribution in [2.75, 3.05) is 18.0 Å². The first-order valence-electron chi connectivity index (χ1n) is 7.38. The Morgan fingerprint density at radius 3 is 2.40 bits per heavy atom. The first-order valence-corrected chi connectivity index (χ1v) is 7.76. The van der Waals surface area contributed by atoms with E-state index in [0.717, 1.165) is 25.9 Å². The number of nitrogens with zero attached hydrogens (tertiary/aromatic N) is 1. The first kappa shape index (κ1) is 13.7. The van der Waals surface area contributed by atoms with Gasteiger partial charge in [-0.3, -0.25) is 0 Å². The summed E-state index contributed by atoms with van der Waals surface area (Å²) in [6.07, 6.45) is 7.72. The number of benzene rings is 1. The maximum Gasteiger partial charge on any atom is 0.337 e. The summed E-state index contributed by atoms with van der Waals surface area (Å²) in [5.74, 6) is -0.899. The minimum absolute atomic E-state index is 0.319. The van der Waals surface area contributed by atoms with E-state index in [2.05, 4.69) is 4.90 Å². The average molecular weight is 294 g/mol. The number of carboxylic acid groups (broad SMARTS) is 1. The molecule has 3 rings (SSSR count). The molecule has 1 saturated carbocycles. The molecule has 2 fully saturated rings. The SMILES string of the molecule is O=C(O)c1cccc(Cl)c1N1CCC2(CCCC2)CC1. The molecule has 0 bridgehead atoms. The van der Waals surface area contributed by atoms with Crippen LogP contribution in [-0.4, -0.2) is 24.2 Å². The van der Waals surface area contributed by atoms with Gasteiger partial charge in [-0.2, -0.15) is 0 Å². The Balaban J connectivity index is 1.83. The number of carbonyl (C=O) groups is 1. The third kappa shape index (κ3) is 2.39. The number of halogens is 1. The lowest BCUT2D eigenvalue weighted by Gasteiger charge is -2.41. The fourth-order valence-corrected chi connectivity index (χ4v) is 4.13. The maximum absolute atomic E-state index is 11.4. The van der Waals surface area contributed by atoms with Crippen molar-refractivity contribution >= 4 is 23.3 Å². The molecule has 3 nitrogen and oxygen atoms in total. The molecule has 108 valence electrons. The normalized spacial score (nSPS) is 21.4. The van der Waals surface area contributed by atoms with Gasteiger partial charge in [0.25, 0.3) is 0 Å². The van der Waals surface area contributed by atoms with Gasteiger partial charge >= 0.3 is 5.97 Å². The van der Waals surface area contributed by atoms with Crippen molar-refractivity contribution in [1.29, 1.82) is 0 Å². The number of carboxylic acids is 1. The van der Waals surface area contributed by atoms with Crippen molar-refractivity contribution in [3.05, 3.63) is 28.8 Å².